The number of rotatable bonds is 4. The predicted octanol–water partition coefficient (Wildman–Crippen LogP) is 1.86. The Labute approximate surface area is 142 Å². The Bertz CT molecular complexity index is 609. The highest BCUT2D eigenvalue weighted by atomic mass is 16.5. The fraction of sp³-hybridized carbons (Fsp3) is 0.556. The molecule has 0 spiro atoms. The Hall–Kier alpha value is -2.08. The number of nitrogens with one attached hydrogen (secondary N) is 1. The van der Waals surface area contributed by atoms with Crippen LogP contribution >= 0.6 is 0 Å². The van der Waals surface area contributed by atoms with E-state index in [9.17, 15) is 9.59 Å². The highest BCUT2D eigenvalue weighted by Crippen LogP contribution is 2.29. The summed E-state index contributed by atoms with van der Waals surface area (Å²) in [5.74, 6) is 0.200. The summed E-state index contributed by atoms with van der Waals surface area (Å²) in [6.07, 6.45) is 1.60. The minimum absolute atomic E-state index is 0.0551. The van der Waals surface area contributed by atoms with Crippen LogP contribution in [0.1, 0.15) is 26.7 Å². The Morgan fingerprint density at radius 1 is 1.25 bits per heavy atom. The summed E-state index contributed by atoms with van der Waals surface area (Å²) in [5, 5.41) is 3.21. The monoisotopic (exact) mass is 331 g/mol. The third kappa shape index (κ3) is 3.70. The van der Waals surface area contributed by atoms with E-state index >= 15 is 0 Å². The van der Waals surface area contributed by atoms with Crippen LogP contribution in [-0.2, 0) is 14.3 Å². The van der Waals surface area contributed by atoms with Crippen molar-refractivity contribution in [3.05, 3.63) is 24.3 Å². The summed E-state index contributed by atoms with van der Waals surface area (Å²) in [6.45, 7) is 6.17. The van der Waals surface area contributed by atoms with Gasteiger partial charge in [-0.25, -0.2) is 0 Å². The molecule has 2 fully saturated rings. The highest BCUT2D eigenvalue weighted by Gasteiger charge is 2.26. The zero-order chi connectivity index (χ0) is 17.1. The first-order valence-corrected chi connectivity index (χ1v) is 8.61. The van der Waals surface area contributed by atoms with Crippen molar-refractivity contribution in [1.29, 1.82) is 0 Å². The summed E-state index contributed by atoms with van der Waals surface area (Å²) < 4.78 is 5.67. The molecular weight excluding hydrogens is 306 g/mol. The summed E-state index contributed by atoms with van der Waals surface area (Å²) in [5.41, 5.74) is 1.69. The molecule has 2 aliphatic heterocycles. The molecule has 0 saturated carbocycles. The van der Waals surface area contributed by atoms with Crippen molar-refractivity contribution in [2.45, 2.75) is 38.9 Å². The van der Waals surface area contributed by atoms with Crippen molar-refractivity contribution in [3.8, 4) is 0 Å². The molecule has 130 valence electrons. The van der Waals surface area contributed by atoms with Gasteiger partial charge in [0.05, 0.1) is 30.1 Å². The molecule has 1 aromatic rings. The van der Waals surface area contributed by atoms with Crippen LogP contribution in [0.25, 0.3) is 0 Å². The van der Waals surface area contributed by atoms with Gasteiger partial charge >= 0.3 is 0 Å². The molecule has 6 heteroatoms. The molecule has 0 aromatic heterocycles. The van der Waals surface area contributed by atoms with E-state index in [2.05, 4.69) is 5.32 Å². The Balaban J connectivity index is 1.64. The molecular formula is C18H25N3O3. The summed E-state index contributed by atoms with van der Waals surface area (Å²) >= 11 is 0. The van der Waals surface area contributed by atoms with Gasteiger partial charge < -0.3 is 19.9 Å². The van der Waals surface area contributed by atoms with Crippen LogP contribution in [0, 0.1) is 0 Å². The van der Waals surface area contributed by atoms with E-state index < -0.39 is 0 Å². The maximum atomic E-state index is 12.5. The van der Waals surface area contributed by atoms with Crippen LogP contribution in [0.3, 0.4) is 0 Å². The van der Waals surface area contributed by atoms with Crippen molar-refractivity contribution in [3.63, 3.8) is 0 Å². The normalized spacial score (nSPS) is 24.3. The van der Waals surface area contributed by atoms with Gasteiger partial charge in [0.1, 0.15) is 0 Å². The number of carbonyl (C=O) groups excluding carboxylic acids is 2. The second-order valence-electron chi connectivity index (χ2n) is 6.58. The number of morpholine rings is 1. The SMILES string of the molecule is CC1CN(C(=O)CNc2ccccc2N2CCCC2=O)CC(C)O1. The van der Waals surface area contributed by atoms with E-state index in [4.69, 9.17) is 4.74 Å². The average molecular weight is 331 g/mol. The summed E-state index contributed by atoms with van der Waals surface area (Å²) in [4.78, 5) is 28.1. The molecule has 2 saturated heterocycles. The minimum Gasteiger partial charge on any atom is -0.374 e. The van der Waals surface area contributed by atoms with E-state index in [-0.39, 0.29) is 30.6 Å². The van der Waals surface area contributed by atoms with Crippen molar-refractivity contribution >= 4 is 23.2 Å². The van der Waals surface area contributed by atoms with Gasteiger partial charge in [0, 0.05) is 26.1 Å². The number of hydrogen-bond donors (Lipinski definition) is 1. The third-order valence-corrected chi connectivity index (χ3v) is 4.47. The molecule has 1 aromatic carbocycles. The van der Waals surface area contributed by atoms with Crippen molar-refractivity contribution in [2.24, 2.45) is 0 Å². The lowest BCUT2D eigenvalue weighted by Crippen LogP contribution is -2.49. The lowest BCUT2D eigenvalue weighted by molar-refractivity contribution is -0.141. The Morgan fingerprint density at radius 2 is 1.96 bits per heavy atom. The molecule has 0 aliphatic carbocycles. The number of para-hydroxylation sites is 2. The van der Waals surface area contributed by atoms with Gasteiger partial charge in [-0.2, -0.15) is 0 Å². The highest BCUT2D eigenvalue weighted by molar-refractivity contribution is 5.98. The molecule has 2 unspecified atom stereocenters. The van der Waals surface area contributed by atoms with Gasteiger partial charge in [0.25, 0.3) is 0 Å². The fourth-order valence-corrected chi connectivity index (χ4v) is 3.43. The van der Waals surface area contributed by atoms with Crippen LogP contribution < -0.4 is 10.2 Å². The maximum Gasteiger partial charge on any atom is 0.242 e. The molecule has 6 nitrogen and oxygen atoms in total. The van der Waals surface area contributed by atoms with Crippen LogP contribution in [-0.4, -0.2) is 55.1 Å². The van der Waals surface area contributed by atoms with Gasteiger partial charge in [-0.1, -0.05) is 12.1 Å². The molecule has 0 radical (unpaired) electrons. The summed E-state index contributed by atoms with van der Waals surface area (Å²) in [6, 6.07) is 7.67. The van der Waals surface area contributed by atoms with Gasteiger partial charge in [-0.3, -0.25) is 9.59 Å². The van der Waals surface area contributed by atoms with Crippen LogP contribution in [0.2, 0.25) is 0 Å². The van der Waals surface area contributed by atoms with Crippen molar-refractivity contribution in [2.75, 3.05) is 36.4 Å². The fourth-order valence-electron chi connectivity index (χ4n) is 3.43. The maximum absolute atomic E-state index is 12.5. The number of nitrogens with zero attached hydrogens (tertiary/aromatic N) is 2. The number of hydrogen-bond acceptors (Lipinski definition) is 4. The number of ether oxygens (including phenoxy) is 1. The van der Waals surface area contributed by atoms with E-state index in [1.807, 2.05) is 43.0 Å². The number of benzene rings is 1. The minimum atomic E-state index is 0.0551. The van der Waals surface area contributed by atoms with Gasteiger partial charge in [-0.05, 0) is 32.4 Å². The first-order chi connectivity index (χ1) is 11.5. The quantitative estimate of drug-likeness (QED) is 0.915. The average Bonchev–Trinajstić information content (AvgIpc) is 2.98. The van der Waals surface area contributed by atoms with Gasteiger partial charge in [-0.15, -0.1) is 0 Å². The molecule has 2 aliphatic rings. The topological polar surface area (TPSA) is 61.9 Å². The largest absolute Gasteiger partial charge is 0.374 e. The van der Waals surface area contributed by atoms with Crippen LogP contribution in [0.15, 0.2) is 24.3 Å². The molecule has 2 amide bonds. The zero-order valence-electron chi connectivity index (χ0n) is 14.3. The molecule has 3 rings (SSSR count). The van der Waals surface area contributed by atoms with E-state index in [0.29, 0.717) is 19.5 Å². The standard InChI is InChI=1S/C18H25N3O3/c1-13-11-20(12-14(2)24-13)18(23)10-19-15-6-3-4-7-16(15)21-9-5-8-17(21)22/h3-4,6-7,13-14,19H,5,8-12H2,1-2H3. The predicted molar refractivity (Wildman–Crippen MR) is 93.1 cm³/mol. The molecule has 2 atom stereocenters. The molecule has 2 heterocycles. The van der Waals surface area contributed by atoms with Crippen molar-refractivity contribution in [1.82, 2.24) is 4.90 Å². The lowest BCUT2D eigenvalue weighted by Gasteiger charge is -2.35. The molecule has 1 N–H and O–H groups in total. The first kappa shape index (κ1) is 16.8. The summed E-state index contributed by atoms with van der Waals surface area (Å²) in [7, 11) is 0. The second-order valence-corrected chi connectivity index (χ2v) is 6.58. The Kier molecular flexibility index (Phi) is 5.04. The smallest absolute Gasteiger partial charge is 0.242 e. The van der Waals surface area contributed by atoms with Crippen LogP contribution in [0.4, 0.5) is 11.4 Å². The first-order valence-electron chi connectivity index (χ1n) is 8.61. The third-order valence-electron chi connectivity index (χ3n) is 4.47. The molecule has 24 heavy (non-hydrogen) atoms. The lowest BCUT2D eigenvalue weighted by atomic mass is 10.2. The van der Waals surface area contributed by atoms with Crippen molar-refractivity contribution < 1.29 is 14.3 Å². The van der Waals surface area contributed by atoms with E-state index in [1.54, 1.807) is 4.90 Å². The number of amides is 2. The Morgan fingerprint density at radius 3 is 2.62 bits per heavy atom. The zero-order valence-corrected chi connectivity index (χ0v) is 14.3. The van der Waals surface area contributed by atoms with E-state index in [1.165, 1.54) is 0 Å². The van der Waals surface area contributed by atoms with Gasteiger partial charge in [0.15, 0.2) is 0 Å². The second kappa shape index (κ2) is 7.21. The number of anilines is 2. The van der Waals surface area contributed by atoms with E-state index in [0.717, 1.165) is 24.3 Å². The molecule has 0 bridgehead atoms. The van der Waals surface area contributed by atoms with Gasteiger partial charge in [0.2, 0.25) is 11.8 Å². The number of carbonyl (C=O) groups is 2. The van der Waals surface area contributed by atoms with Crippen LogP contribution in [0.5, 0.6) is 0 Å².